The second kappa shape index (κ2) is 8.90. The van der Waals surface area contributed by atoms with Gasteiger partial charge in [0, 0.05) is 25.7 Å². The standard InChI is InChI=1S/C14H30N2O/c1-4-8-15-10-14(5-2)16(3)11-13-7-6-9-17-12-13/h13-15H,4-12H2,1-3H3. The summed E-state index contributed by atoms with van der Waals surface area (Å²) in [7, 11) is 2.26. The number of hydrogen-bond acceptors (Lipinski definition) is 3. The fourth-order valence-corrected chi connectivity index (χ4v) is 2.57. The van der Waals surface area contributed by atoms with Crippen molar-refractivity contribution in [3.05, 3.63) is 0 Å². The summed E-state index contributed by atoms with van der Waals surface area (Å²) in [6.45, 7) is 9.87. The quantitative estimate of drug-likeness (QED) is 0.660. The van der Waals surface area contributed by atoms with Gasteiger partial charge in [-0.3, -0.25) is 0 Å². The Hall–Kier alpha value is -0.120. The molecule has 1 saturated heterocycles. The Morgan fingerprint density at radius 1 is 1.41 bits per heavy atom. The summed E-state index contributed by atoms with van der Waals surface area (Å²) in [6.07, 6.45) is 5.02. The monoisotopic (exact) mass is 242 g/mol. The number of likely N-dealkylation sites (N-methyl/N-ethyl adjacent to an activating group) is 1. The van der Waals surface area contributed by atoms with Gasteiger partial charge in [-0.15, -0.1) is 0 Å². The molecule has 2 unspecified atom stereocenters. The first-order valence-electron chi connectivity index (χ1n) is 7.26. The molecule has 0 aromatic carbocycles. The maximum absolute atomic E-state index is 5.55. The van der Waals surface area contributed by atoms with E-state index in [0.29, 0.717) is 6.04 Å². The van der Waals surface area contributed by atoms with Crippen LogP contribution in [-0.2, 0) is 4.74 Å². The number of ether oxygens (including phenoxy) is 1. The molecular formula is C14H30N2O. The highest BCUT2D eigenvalue weighted by molar-refractivity contribution is 4.74. The summed E-state index contributed by atoms with van der Waals surface area (Å²) in [4.78, 5) is 2.52. The zero-order valence-corrected chi connectivity index (χ0v) is 11.9. The summed E-state index contributed by atoms with van der Waals surface area (Å²) in [5, 5.41) is 3.53. The van der Waals surface area contributed by atoms with Gasteiger partial charge in [-0.1, -0.05) is 13.8 Å². The Labute approximate surface area is 107 Å². The molecule has 3 nitrogen and oxygen atoms in total. The maximum atomic E-state index is 5.55. The van der Waals surface area contributed by atoms with Crippen LogP contribution in [0.4, 0.5) is 0 Å². The minimum Gasteiger partial charge on any atom is -0.381 e. The van der Waals surface area contributed by atoms with E-state index >= 15 is 0 Å². The molecule has 0 saturated carbocycles. The van der Waals surface area contributed by atoms with Crippen LogP contribution in [0.25, 0.3) is 0 Å². The first kappa shape index (κ1) is 14.9. The molecule has 0 bridgehead atoms. The smallest absolute Gasteiger partial charge is 0.0506 e. The van der Waals surface area contributed by atoms with Crippen LogP contribution in [0.15, 0.2) is 0 Å². The van der Waals surface area contributed by atoms with Crippen LogP contribution in [-0.4, -0.2) is 50.8 Å². The number of nitrogens with one attached hydrogen (secondary N) is 1. The Balaban J connectivity index is 2.23. The largest absolute Gasteiger partial charge is 0.381 e. The molecule has 0 aromatic heterocycles. The lowest BCUT2D eigenvalue weighted by atomic mass is 10.0. The highest BCUT2D eigenvalue weighted by atomic mass is 16.5. The van der Waals surface area contributed by atoms with Crippen LogP contribution >= 0.6 is 0 Å². The predicted octanol–water partition coefficient (Wildman–Crippen LogP) is 2.12. The first-order valence-corrected chi connectivity index (χ1v) is 7.26. The van der Waals surface area contributed by atoms with Crippen molar-refractivity contribution < 1.29 is 4.74 Å². The van der Waals surface area contributed by atoms with Crippen LogP contribution in [0.5, 0.6) is 0 Å². The SMILES string of the molecule is CCCNCC(CC)N(C)CC1CCCOC1. The molecular weight excluding hydrogens is 212 g/mol. The minimum atomic E-state index is 0.670. The molecule has 0 spiro atoms. The van der Waals surface area contributed by atoms with Crippen molar-refractivity contribution in [3.8, 4) is 0 Å². The van der Waals surface area contributed by atoms with Crippen molar-refractivity contribution >= 4 is 0 Å². The van der Waals surface area contributed by atoms with E-state index in [1.165, 1.54) is 32.2 Å². The molecule has 1 heterocycles. The van der Waals surface area contributed by atoms with Gasteiger partial charge in [0.1, 0.15) is 0 Å². The van der Waals surface area contributed by atoms with Crippen molar-refractivity contribution in [2.45, 2.75) is 45.6 Å². The molecule has 1 aliphatic rings. The van der Waals surface area contributed by atoms with Crippen LogP contribution < -0.4 is 5.32 Å². The zero-order valence-electron chi connectivity index (χ0n) is 11.9. The molecule has 1 rings (SSSR count). The van der Waals surface area contributed by atoms with Crippen LogP contribution in [0, 0.1) is 5.92 Å². The molecule has 0 aromatic rings. The molecule has 1 N–H and O–H groups in total. The molecule has 3 heteroatoms. The molecule has 0 amide bonds. The van der Waals surface area contributed by atoms with Gasteiger partial charge in [0.25, 0.3) is 0 Å². The number of rotatable bonds is 8. The van der Waals surface area contributed by atoms with E-state index in [-0.39, 0.29) is 0 Å². The van der Waals surface area contributed by atoms with Gasteiger partial charge >= 0.3 is 0 Å². The van der Waals surface area contributed by atoms with Crippen molar-refractivity contribution in [1.29, 1.82) is 0 Å². The average molecular weight is 242 g/mol. The second-order valence-corrected chi connectivity index (χ2v) is 5.29. The van der Waals surface area contributed by atoms with Gasteiger partial charge in [-0.25, -0.2) is 0 Å². The molecule has 17 heavy (non-hydrogen) atoms. The molecule has 102 valence electrons. The summed E-state index contributed by atoms with van der Waals surface area (Å²) in [6, 6.07) is 0.670. The van der Waals surface area contributed by atoms with E-state index in [1.54, 1.807) is 0 Å². The number of hydrogen-bond donors (Lipinski definition) is 1. The summed E-state index contributed by atoms with van der Waals surface area (Å²) < 4.78 is 5.55. The first-order chi connectivity index (χ1) is 8.27. The maximum Gasteiger partial charge on any atom is 0.0506 e. The van der Waals surface area contributed by atoms with Crippen molar-refractivity contribution in [1.82, 2.24) is 10.2 Å². The lowest BCUT2D eigenvalue weighted by molar-refractivity contribution is 0.0358. The summed E-state index contributed by atoms with van der Waals surface area (Å²) >= 11 is 0. The second-order valence-electron chi connectivity index (χ2n) is 5.29. The molecule has 0 radical (unpaired) electrons. The van der Waals surface area contributed by atoms with E-state index in [0.717, 1.165) is 32.2 Å². The average Bonchev–Trinajstić information content (AvgIpc) is 2.36. The predicted molar refractivity (Wildman–Crippen MR) is 73.4 cm³/mol. The summed E-state index contributed by atoms with van der Waals surface area (Å²) in [5.41, 5.74) is 0. The summed E-state index contributed by atoms with van der Waals surface area (Å²) in [5.74, 6) is 0.744. The van der Waals surface area contributed by atoms with E-state index in [4.69, 9.17) is 4.74 Å². The van der Waals surface area contributed by atoms with E-state index in [2.05, 4.69) is 31.1 Å². The van der Waals surface area contributed by atoms with Gasteiger partial charge in [-0.05, 0) is 45.2 Å². The Morgan fingerprint density at radius 2 is 2.24 bits per heavy atom. The third-order valence-electron chi connectivity index (χ3n) is 3.70. The van der Waals surface area contributed by atoms with Crippen molar-refractivity contribution in [2.75, 3.05) is 39.9 Å². The Kier molecular flexibility index (Phi) is 7.82. The van der Waals surface area contributed by atoms with Gasteiger partial charge < -0.3 is 15.0 Å². The Morgan fingerprint density at radius 3 is 2.82 bits per heavy atom. The molecule has 1 aliphatic heterocycles. The Bertz CT molecular complexity index is 181. The van der Waals surface area contributed by atoms with Crippen molar-refractivity contribution in [2.24, 2.45) is 5.92 Å². The van der Waals surface area contributed by atoms with Gasteiger partial charge in [0.2, 0.25) is 0 Å². The van der Waals surface area contributed by atoms with E-state index in [9.17, 15) is 0 Å². The molecule has 1 fully saturated rings. The fraction of sp³-hybridized carbons (Fsp3) is 1.00. The van der Waals surface area contributed by atoms with Crippen LogP contribution in [0.3, 0.4) is 0 Å². The van der Waals surface area contributed by atoms with E-state index in [1.807, 2.05) is 0 Å². The number of nitrogens with zero attached hydrogens (tertiary/aromatic N) is 1. The van der Waals surface area contributed by atoms with Crippen molar-refractivity contribution in [3.63, 3.8) is 0 Å². The van der Waals surface area contributed by atoms with Gasteiger partial charge in [0.15, 0.2) is 0 Å². The molecule has 0 aliphatic carbocycles. The lowest BCUT2D eigenvalue weighted by Gasteiger charge is -2.32. The van der Waals surface area contributed by atoms with Gasteiger partial charge in [-0.2, -0.15) is 0 Å². The highest BCUT2D eigenvalue weighted by Crippen LogP contribution is 2.16. The third-order valence-corrected chi connectivity index (χ3v) is 3.70. The third kappa shape index (κ3) is 5.84. The van der Waals surface area contributed by atoms with E-state index < -0.39 is 0 Å². The zero-order chi connectivity index (χ0) is 12.5. The molecule has 2 atom stereocenters. The minimum absolute atomic E-state index is 0.670. The normalized spacial score (nSPS) is 22.9. The van der Waals surface area contributed by atoms with Crippen LogP contribution in [0.2, 0.25) is 0 Å². The van der Waals surface area contributed by atoms with Crippen LogP contribution in [0.1, 0.15) is 39.5 Å². The topological polar surface area (TPSA) is 24.5 Å². The fourth-order valence-electron chi connectivity index (χ4n) is 2.57. The van der Waals surface area contributed by atoms with Gasteiger partial charge in [0.05, 0.1) is 6.61 Å². The lowest BCUT2D eigenvalue weighted by Crippen LogP contribution is -2.43. The highest BCUT2D eigenvalue weighted by Gasteiger charge is 2.19.